The minimum Gasteiger partial charge on any atom is -0.330 e. The molecule has 0 atom stereocenters. The number of nitrogens with two attached hydrogens (primary N) is 1. The van der Waals surface area contributed by atoms with Gasteiger partial charge in [-0.25, -0.2) is 0 Å². The summed E-state index contributed by atoms with van der Waals surface area (Å²) in [6.07, 6.45) is 1.05. The standard InChI is InChI=1S/C13H24N2Si/c1-16(2,3)13-7-5-12(6-8-13)11-15-10-4-9-14/h5-8,15H,4,9-11,14H2,1-3H3. The van der Waals surface area contributed by atoms with Gasteiger partial charge in [0.25, 0.3) is 0 Å². The third-order valence-corrected chi connectivity index (χ3v) is 4.77. The second-order valence-electron chi connectivity index (χ2n) is 5.27. The number of nitrogens with one attached hydrogen (secondary N) is 1. The predicted molar refractivity (Wildman–Crippen MR) is 74.8 cm³/mol. The van der Waals surface area contributed by atoms with Crippen LogP contribution in [0, 0.1) is 0 Å². The van der Waals surface area contributed by atoms with Crippen LogP contribution in [-0.4, -0.2) is 21.2 Å². The maximum Gasteiger partial charge on any atom is 0.0775 e. The van der Waals surface area contributed by atoms with Crippen molar-refractivity contribution < 1.29 is 0 Å². The second-order valence-corrected chi connectivity index (χ2v) is 10.3. The Balaban J connectivity index is 2.46. The maximum atomic E-state index is 5.44. The van der Waals surface area contributed by atoms with Gasteiger partial charge in [0.1, 0.15) is 0 Å². The van der Waals surface area contributed by atoms with E-state index in [1.54, 1.807) is 0 Å². The lowest BCUT2D eigenvalue weighted by Crippen LogP contribution is -2.37. The van der Waals surface area contributed by atoms with E-state index in [1.807, 2.05) is 0 Å². The highest BCUT2D eigenvalue weighted by Gasteiger charge is 2.15. The van der Waals surface area contributed by atoms with E-state index in [-0.39, 0.29) is 0 Å². The van der Waals surface area contributed by atoms with Crippen LogP contribution in [0.2, 0.25) is 19.6 Å². The monoisotopic (exact) mass is 236 g/mol. The molecule has 0 spiro atoms. The van der Waals surface area contributed by atoms with Crippen molar-refractivity contribution in [3.63, 3.8) is 0 Å². The highest BCUT2D eigenvalue weighted by atomic mass is 28.3. The Morgan fingerprint density at radius 2 is 1.75 bits per heavy atom. The lowest BCUT2D eigenvalue weighted by molar-refractivity contribution is 0.655. The molecule has 0 bridgehead atoms. The van der Waals surface area contributed by atoms with Gasteiger partial charge in [-0.3, -0.25) is 0 Å². The largest absolute Gasteiger partial charge is 0.330 e. The summed E-state index contributed by atoms with van der Waals surface area (Å²) in [6.45, 7) is 9.85. The van der Waals surface area contributed by atoms with Crippen LogP contribution in [0.3, 0.4) is 0 Å². The molecule has 1 aromatic rings. The van der Waals surface area contributed by atoms with Crippen molar-refractivity contribution >= 4 is 13.3 Å². The van der Waals surface area contributed by atoms with Gasteiger partial charge in [0.2, 0.25) is 0 Å². The number of benzene rings is 1. The summed E-state index contributed by atoms with van der Waals surface area (Å²) in [5.74, 6) is 0. The highest BCUT2D eigenvalue weighted by Crippen LogP contribution is 2.04. The summed E-state index contributed by atoms with van der Waals surface area (Å²) in [4.78, 5) is 0. The zero-order chi connectivity index (χ0) is 12.0. The molecular formula is C13H24N2Si. The van der Waals surface area contributed by atoms with Gasteiger partial charge in [0.15, 0.2) is 0 Å². The molecule has 3 heteroatoms. The fourth-order valence-corrected chi connectivity index (χ4v) is 2.75. The molecule has 0 aromatic heterocycles. The van der Waals surface area contributed by atoms with E-state index in [0.717, 1.165) is 26.1 Å². The minimum absolute atomic E-state index is 0.765. The first kappa shape index (κ1) is 13.4. The van der Waals surface area contributed by atoms with E-state index < -0.39 is 8.07 Å². The smallest absolute Gasteiger partial charge is 0.0775 e. The molecule has 0 heterocycles. The van der Waals surface area contributed by atoms with Crippen molar-refractivity contribution in [1.29, 1.82) is 0 Å². The maximum absolute atomic E-state index is 5.44. The summed E-state index contributed by atoms with van der Waals surface area (Å²) >= 11 is 0. The quantitative estimate of drug-likeness (QED) is 0.582. The average molecular weight is 236 g/mol. The first-order chi connectivity index (χ1) is 7.54. The van der Waals surface area contributed by atoms with Crippen LogP contribution in [0.4, 0.5) is 0 Å². The van der Waals surface area contributed by atoms with Gasteiger partial charge >= 0.3 is 0 Å². The summed E-state index contributed by atoms with van der Waals surface area (Å²) in [6, 6.07) is 9.05. The molecule has 0 amide bonds. The first-order valence-electron chi connectivity index (χ1n) is 6.04. The van der Waals surface area contributed by atoms with Crippen LogP contribution in [0.1, 0.15) is 12.0 Å². The third-order valence-electron chi connectivity index (χ3n) is 2.71. The van der Waals surface area contributed by atoms with Gasteiger partial charge in [-0.15, -0.1) is 0 Å². The molecule has 0 aliphatic carbocycles. The van der Waals surface area contributed by atoms with E-state index in [4.69, 9.17) is 5.73 Å². The zero-order valence-electron chi connectivity index (χ0n) is 10.7. The topological polar surface area (TPSA) is 38.0 Å². The van der Waals surface area contributed by atoms with Crippen LogP contribution >= 0.6 is 0 Å². The zero-order valence-corrected chi connectivity index (χ0v) is 11.7. The number of hydrogen-bond donors (Lipinski definition) is 2. The molecular weight excluding hydrogens is 212 g/mol. The Hall–Kier alpha value is -0.643. The van der Waals surface area contributed by atoms with Crippen LogP contribution in [-0.2, 0) is 6.54 Å². The fourth-order valence-electron chi connectivity index (χ4n) is 1.58. The van der Waals surface area contributed by atoms with Crippen molar-refractivity contribution in [2.24, 2.45) is 5.73 Å². The van der Waals surface area contributed by atoms with E-state index in [9.17, 15) is 0 Å². The molecule has 3 N–H and O–H groups in total. The van der Waals surface area contributed by atoms with Crippen molar-refractivity contribution in [3.8, 4) is 0 Å². The molecule has 0 saturated carbocycles. The molecule has 1 rings (SSSR count). The van der Waals surface area contributed by atoms with Crippen molar-refractivity contribution in [3.05, 3.63) is 29.8 Å². The van der Waals surface area contributed by atoms with E-state index >= 15 is 0 Å². The molecule has 0 aliphatic heterocycles. The Bertz CT molecular complexity index is 301. The highest BCUT2D eigenvalue weighted by molar-refractivity contribution is 6.88. The molecule has 0 aliphatic rings. The lowest BCUT2D eigenvalue weighted by Gasteiger charge is -2.16. The Morgan fingerprint density at radius 3 is 2.25 bits per heavy atom. The van der Waals surface area contributed by atoms with Gasteiger partial charge in [-0.1, -0.05) is 49.1 Å². The summed E-state index contributed by atoms with van der Waals surface area (Å²) in [7, 11) is -1.14. The Labute approximate surface area is 100 Å². The average Bonchev–Trinajstić information content (AvgIpc) is 2.24. The molecule has 90 valence electrons. The van der Waals surface area contributed by atoms with E-state index in [2.05, 4.69) is 49.2 Å². The normalized spacial score (nSPS) is 11.8. The van der Waals surface area contributed by atoms with Crippen molar-refractivity contribution in [2.45, 2.75) is 32.6 Å². The predicted octanol–water partition coefficient (Wildman–Crippen LogP) is 1.67. The van der Waals surface area contributed by atoms with Crippen LogP contribution in [0.25, 0.3) is 0 Å². The Morgan fingerprint density at radius 1 is 1.12 bits per heavy atom. The second kappa shape index (κ2) is 6.18. The minimum atomic E-state index is -1.14. The van der Waals surface area contributed by atoms with Crippen LogP contribution < -0.4 is 16.2 Å². The number of hydrogen-bond acceptors (Lipinski definition) is 2. The van der Waals surface area contributed by atoms with E-state index in [0.29, 0.717) is 0 Å². The first-order valence-corrected chi connectivity index (χ1v) is 9.54. The van der Waals surface area contributed by atoms with Gasteiger partial charge < -0.3 is 11.1 Å². The van der Waals surface area contributed by atoms with Gasteiger partial charge in [-0.2, -0.15) is 0 Å². The molecule has 0 radical (unpaired) electrons. The van der Waals surface area contributed by atoms with E-state index in [1.165, 1.54) is 10.8 Å². The molecule has 0 fully saturated rings. The third kappa shape index (κ3) is 4.47. The SMILES string of the molecule is C[Si](C)(C)c1ccc(CNCCCN)cc1. The molecule has 0 unspecified atom stereocenters. The summed E-state index contributed by atoms with van der Waals surface area (Å²) in [5.41, 5.74) is 6.80. The number of rotatable bonds is 6. The molecule has 2 nitrogen and oxygen atoms in total. The van der Waals surface area contributed by atoms with Gasteiger partial charge in [0.05, 0.1) is 8.07 Å². The Kier molecular flexibility index (Phi) is 5.18. The van der Waals surface area contributed by atoms with Crippen LogP contribution in [0.5, 0.6) is 0 Å². The van der Waals surface area contributed by atoms with Crippen molar-refractivity contribution in [1.82, 2.24) is 5.32 Å². The fraction of sp³-hybridized carbons (Fsp3) is 0.538. The summed E-state index contributed by atoms with van der Waals surface area (Å²) in [5, 5.41) is 4.92. The van der Waals surface area contributed by atoms with Gasteiger partial charge in [-0.05, 0) is 25.1 Å². The molecule has 0 saturated heterocycles. The van der Waals surface area contributed by atoms with Gasteiger partial charge in [0, 0.05) is 6.54 Å². The van der Waals surface area contributed by atoms with Crippen molar-refractivity contribution in [2.75, 3.05) is 13.1 Å². The molecule has 1 aromatic carbocycles. The molecule has 16 heavy (non-hydrogen) atoms. The lowest BCUT2D eigenvalue weighted by atomic mass is 10.2. The summed E-state index contributed by atoms with van der Waals surface area (Å²) < 4.78 is 0. The van der Waals surface area contributed by atoms with Crippen LogP contribution in [0.15, 0.2) is 24.3 Å².